The normalized spacial score (nSPS) is 22.1. The van der Waals surface area contributed by atoms with E-state index in [9.17, 15) is 0 Å². The summed E-state index contributed by atoms with van der Waals surface area (Å²) in [4.78, 5) is 0.292. The van der Waals surface area contributed by atoms with Crippen LogP contribution in [-0.2, 0) is 0 Å². The number of alkyl halides is 2. The first kappa shape index (κ1) is 8.96. The van der Waals surface area contributed by atoms with Crippen molar-refractivity contribution < 1.29 is 0 Å². The maximum absolute atomic E-state index is 3.85. The van der Waals surface area contributed by atoms with E-state index in [2.05, 4.69) is 52.6 Å². The highest BCUT2D eigenvalue weighted by molar-refractivity contribution is 9.12. The minimum Gasteiger partial charge on any atom is -0.0876 e. The second-order valence-electron chi connectivity index (χ2n) is 2.10. The van der Waals surface area contributed by atoms with Gasteiger partial charge in [0.25, 0.3) is 0 Å². The van der Waals surface area contributed by atoms with Crippen LogP contribution >= 0.6 is 31.9 Å². The van der Waals surface area contributed by atoms with E-state index in [4.69, 9.17) is 0 Å². The summed E-state index contributed by atoms with van der Waals surface area (Å²) in [5, 5.41) is 0. The highest BCUT2D eigenvalue weighted by atomic mass is 79.9. The third-order valence-electron chi connectivity index (χ3n) is 1.34. The van der Waals surface area contributed by atoms with Crippen LogP contribution in [0.5, 0.6) is 0 Å². The Bertz CT molecular complexity index is 66.9. The summed E-state index contributed by atoms with van der Waals surface area (Å²) in [7, 11) is 0. The number of rotatable bonds is 2. The second kappa shape index (κ2) is 3.21. The average molecular weight is 243 g/mol. The molecule has 0 aliphatic carbocycles. The molecule has 0 N–H and O–H groups in total. The van der Waals surface area contributed by atoms with Crippen LogP contribution in [0.25, 0.3) is 0 Å². The van der Waals surface area contributed by atoms with Gasteiger partial charge in [0.2, 0.25) is 0 Å². The summed E-state index contributed by atoms with van der Waals surface area (Å²) in [5.74, 6) is 0. The molecule has 0 nitrogen and oxygen atoms in total. The Morgan fingerprint density at radius 1 is 1.75 bits per heavy atom. The molecule has 8 heavy (non-hydrogen) atoms. The summed E-state index contributed by atoms with van der Waals surface area (Å²) >= 11 is 6.93. The molecule has 0 spiro atoms. The zero-order valence-electron chi connectivity index (χ0n) is 5.25. The topological polar surface area (TPSA) is 0 Å². The molecular formula is C6H11Br2. The zero-order chi connectivity index (χ0) is 6.78. The Labute approximate surface area is 68.3 Å². The van der Waals surface area contributed by atoms with E-state index in [-0.39, 0.29) is 4.32 Å². The molecule has 0 aromatic heterocycles. The molecule has 0 aromatic rings. The molecule has 0 saturated heterocycles. The van der Waals surface area contributed by atoms with Gasteiger partial charge < -0.3 is 0 Å². The van der Waals surface area contributed by atoms with Crippen LogP contribution < -0.4 is 0 Å². The first-order valence-corrected chi connectivity index (χ1v) is 4.37. The molecule has 0 aromatic carbocycles. The lowest BCUT2D eigenvalue weighted by molar-refractivity contribution is 0.661. The van der Waals surface area contributed by atoms with Crippen molar-refractivity contribution in [2.24, 2.45) is 0 Å². The molecule has 0 saturated carbocycles. The van der Waals surface area contributed by atoms with Crippen LogP contribution in [0, 0.1) is 6.92 Å². The van der Waals surface area contributed by atoms with E-state index in [1.54, 1.807) is 0 Å². The minimum atomic E-state index is 0.160. The van der Waals surface area contributed by atoms with Crippen molar-refractivity contribution in [2.45, 2.75) is 29.4 Å². The molecule has 0 aliphatic heterocycles. The standard InChI is InChI=1S/C6H11Br2/c1-4-6(3,8)5(2)7/h5H,2,4H2,1,3H3. The molecule has 0 amide bonds. The highest BCUT2D eigenvalue weighted by Crippen LogP contribution is 2.29. The van der Waals surface area contributed by atoms with Gasteiger partial charge in [-0.1, -0.05) is 38.8 Å². The minimum absolute atomic E-state index is 0.160. The predicted molar refractivity (Wildman–Crippen MR) is 45.7 cm³/mol. The van der Waals surface area contributed by atoms with E-state index >= 15 is 0 Å². The van der Waals surface area contributed by atoms with Crippen LogP contribution in [0.4, 0.5) is 0 Å². The number of halogens is 2. The summed E-state index contributed by atoms with van der Waals surface area (Å²) < 4.78 is 0.160. The monoisotopic (exact) mass is 241 g/mol. The van der Waals surface area contributed by atoms with Gasteiger partial charge in [-0.25, -0.2) is 0 Å². The Hall–Kier alpha value is 0.960. The number of hydrogen-bond donors (Lipinski definition) is 0. The van der Waals surface area contributed by atoms with Crippen molar-refractivity contribution >= 4 is 31.9 Å². The fourth-order valence-electron chi connectivity index (χ4n) is 0.221. The molecule has 49 valence electrons. The molecular weight excluding hydrogens is 232 g/mol. The van der Waals surface area contributed by atoms with Crippen molar-refractivity contribution in [3.8, 4) is 0 Å². The molecule has 0 rings (SSSR count). The quantitative estimate of drug-likeness (QED) is 0.653. The van der Waals surface area contributed by atoms with E-state index < -0.39 is 0 Å². The Morgan fingerprint density at radius 2 is 2.12 bits per heavy atom. The first-order chi connectivity index (χ1) is 3.50. The molecule has 0 heterocycles. The fraction of sp³-hybridized carbons (Fsp3) is 0.833. The van der Waals surface area contributed by atoms with Gasteiger partial charge in [0.15, 0.2) is 0 Å². The first-order valence-electron chi connectivity index (χ1n) is 2.66. The summed E-state index contributed by atoms with van der Waals surface area (Å²) in [6.45, 7) is 8.11. The predicted octanol–water partition coefficient (Wildman–Crippen LogP) is 3.15. The van der Waals surface area contributed by atoms with Crippen molar-refractivity contribution in [3.05, 3.63) is 6.92 Å². The second-order valence-corrected chi connectivity index (χ2v) is 5.02. The van der Waals surface area contributed by atoms with Gasteiger partial charge in [-0.2, -0.15) is 0 Å². The van der Waals surface area contributed by atoms with Crippen LogP contribution in [0.2, 0.25) is 0 Å². The van der Waals surface area contributed by atoms with Crippen molar-refractivity contribution in [3.63, 3.8) is 0 Å². The summed E-state index contributed by atoms with van der Waals surface area (Å²) in [5.41, 5.74) is 0. The van der Waals surface area contributed by atoms with Crippen LogP contribution in [0.15, 0.2) is 0 Å². The van der Waals surface area contributed by atoms with Crippen molar-refractivity contribution in [1.29, 1.82) is 0 Å². The maximum atomic E-state index is 3.85. The molecule has 2 heteroatoms. The smallest absolute Gasteiger partial charge is 0.0352 e. The van der Waals surface area contributed by atoms with Gasteiger partial charge in [-0.15, -0.1) is 0 Å². The molecule has 0 bridgehead atoms. The summed E-state index contributed by atoms with van der Waals surface area (Å²) in [6.07, 6.45) is 1.09. The number of hydrogen-bond acceptors (Lipinski definition) is 0. The van der Waals surface area contributed by atoms with Gasteiger partial charge >= 0.3 is 0 Å². The van der Waals surface area contributed by atoms with Crippen LogP contribution in [0.3, 0.4) is 0 Å². The third-order valence-corrected chi connectivity index (χ3v) is 4.08. The van der Waals surface area contributed by atoms with Gasteiger partial charge in [-0.3, -0.25) is 0 Å². The Kier molecular flexibility index (Phi) is 3.60. The molecule has 1 radical (unpaired) electrons. The zero-order valence-corrected chi connectivity index (χ0v) is 8.42. The fourth-order valence-corrected chi connectivity index (χ4v) is 0.545. The molecule has 2 atom stereocenters. The van der Waals surface area contributed by atoms with E-state index in [0.29, 0.717) is 4.83 Å². The third kappa shape index (κ3) is 2.49. The Balaban J connectivity index is 3.71. The lowest BCUT2D eigenvalue weighted by Gasteiger charge is -2.22. The molecule has 0 aliphatic rings. The van der Waals surface area contributed by atoms with Crippen molar-refractivity contribution in [1.82, 2.24) is 0 Å². The van der Waals surface area contributed by atoms with Crippen LogP contribution in [0.1, 0.15) is 20.3 Å². The van der Waals surface area contributed by atoms with Gasteiger partial charge in [0, 0.05) is 9.15 Å². The Morgan fingerprint density at radius 3 is 2.12 bits per heavy atom. The molecule has 2 unspecified atom stereocenters. The average Bonchev–Trinajstić information content (AvgIpc) is 1.67. The SMILES string of the molecule is [CH2]C(Br)C(C)(Br)CC. The van der Waals surface area contributed by atoms with E-state index in [0.717, 1.165) is 6.42 Å². The lowest BCUT2D eigenvalue weighted by Crippen LogP contribution is -2.24. The largest absolute Gasteiger partial charge is 0.0876 e. The van der Waals surface area contributed by atoms with Crippen LogP contribution in [-0.4, -0.2) is 9.15 Å². The van der Waals surface area contributed by atoms with Gasteiger partial charge in [0.05, 0.1) is 0 Å². The van der Waals surface area contributed by atoms with Gasteiger partial charge in [-0.05, 0) is 20.3 Å². The lowest BCUT2D eigenvalue weighted by atomic mass is 10.1. The highest BCUT2D eigenvalue weighted by Gasteiger charge is 2.22. The van der Waals surface area contributed by atoms with E-state index in [1.165, 1.54) is 0 Å². The maximum Gasteiger partial charge on any atom is 0.0352 e. The summed E-state index contributed by atoms with van der Waals surface area (Å²) in [6, 6.07) is 0. The molecule has 0 fully saturated rings. The van der Waals surface area contributed by atoms with E-state index in [1.807, 2.05) is 0 Å². The van der Waals surface area contributed by atoms with Gasteiger partial charge in [0.1, 0.15) is 0 Å². The van der Waals surface area contributed by atoms with Crippen molar-refractivity contribution in [2.75, 3.05) is 0 Å².